The molecule has 0 saturated carbocycles. The summed E-state index contributed by atoms with van der Waals surface area (Å²) in [4.78, 5) is 36.4. The summed E-state index contributed by atoms with van der Waals surface area (Å²) in [6, 6.07) is -3.27. The van der Waals surface area contributed by atoms with Gasteiger partial charge >= 0.3 is 5.97 Å². The molecule has 19 N–H and O–H groups in total. The molecular formula is C40H66N2O31. The molecule has 0 aromatic heterocycles. The molecule has 73 heavy (non-hydrogen) atoms. The predicted molar refractivity (Wildman–Crippen MR) is 221 cm³/mol. The van der Waals surface area contributed by atoms with Gasteiger partial charge in [0, 0.05) is 13.8 Å². The maximum Gasteiger partial charge on any atom is 0.335 e. The summed E-state index contributed by atoms with van der Waals surface area (Å²) >= 11 is 0. The molecule has 6 aliphatic rings. The molecule has 0 spiro atoms. The molecule has 30 atom stereocenters. The van der Waals surface area contributed by atoms with Crippen LogP contribution in [0.5, 0.6) is 0 Å². The molecule has 2 amide bonds. The average Bonchev–Trinajstić information content (AvgIpc) is 3.34. The molecule has 6 rings (SSSR count). The van der Waals surface area contributed by atoms with Gasteiger partial charge in [0.2, 0.25) is 11.8 Å². The first-order valence-corrected chi connectivity index (χ1v) is 23.0. The Bertz CT molecular complexity index is 1810. The molecule has 0 radical (unpaired) electrons. The normalized spacial score (nSPS) is 49.7. The lowest BCUT2D eigenvalue weighted by Gasteiger charge is -2.51. The topological polar surface area (TPSA) is 521 Å². The van der Waals surface area contributed by atoms with Crippen LogP contribution in [-0.2, 0) is 66.5 Å². The number of aliphatic hydroxyl groups is 16. The average molecular weight is 1070 g/mol. The van der Waals surface area contributed by atoms with Crippen LogP contribution < -0.4 is 10.6 Å². The molecule has 0 aromatic rings. The molecule has 33 nitrogen and oxygen atoms in total. The minimum atomic E-state index is -2.34. The summed E-state index contributed by atoms with van der Waals surface area (Å²) in [5, 5.41) is 187. The van der Waals surface area contributed by atoms with E-state index in [1.54, 1.807) is 0 Å². The number of hydrogen-bond donors (Lipinski definition) is 19. The van der Waals surface area contributed by atoms with Crippen LogP contribution in [-0.4, -0.2) is 315 Å². The second-order valence-electron chi connectivity index (χ2n) is 18.3. The number of amides is 2. The Balaban J connectivity index is 1.34. The van der Waals surface area contributed by atoms with Crippen molar-refractivity contribution in [3.05, 3.63) is 0 Å². The maximum absolute atomic E-state index is 12.5. The van der Waals surface area contributed by atoms with E-state index >= 15 is 0 Å². The number of hydrogen-bond acceptors (Lipinski definition) is 30. The van der Waals surface area contributed by atoms with E-state index in [0.29, 0.717) is 0 Å². The third-order valence-corrected chi connectivity index (χ3v) is 13.1. The van der Waals surface area contributed by atoms with E-state index in [0.717, 1.165) is 13.8 Å². The van der Waals surface area contributed by atoms with Crippen molar-refractivity contribution >= 4 is 17.8 Å². The summed E-state index contributed by atoms with van der Waals surface area (Å²) in [5.74, 6) is -3.39. The Morgan fingerprint density at radius 3 is 1.45 bits per heavy atom. The maximum atomic E-state index is 12.5. The molecule has 0 bridgehead atoms. The minimum absolute atomic E-state index is 0.716. The lowest BCUT2D eigenvalue weighted by molar-refractivity contribution is -0.405. The van der Waals surface area contributed by atoms with Crippen LogP contribution >= 0.6 is 0 Å². The largest absolute Gasteiger partial charge is 0.479 e. The smallest absolute Gasteiger partial charge is 0.335 e. The summed E-state index contributed by atoms with van der Waals surface area (Å²) in [6.45, 7) is -0.529. The fourth-order valence-electron chi connectivity index (χ4n) is 9.11. The van der Waals surface area contributed by atoms with Crippen LogP contribution in [0.1, 0.15) is 20.8 Å². The van der Waals surface area contributed by atoms with Gasteiger partial charge in [-0.1, -0.05) is 0 Å². The first-order valence-electron chi connectivity index (χ1n) is 23.0. The van der Waals surface area contributed by atoms with Gasteiger partial charge < -0.3 is 150 Å². The van der Waals surface area contributed by atoms with Crippen molar-refractivity contribution in [1.29, 1.82) is 0 Å². The summed E-state index contributed by atoms with van der Waals surface area (Å²) in [7, 11) is 0. The van der Waals surface area contributed by atoms with E-state index in [2.05, 4.69) is 10.6 Å². The summed E-state index contributed by atoms with van der Waals surface area (Å²) in [6.07, 6.45) is -55.9. The van der Waals surface area contributed by atoms with E-state index in [1.165, 1.54) is 6.92 Å². The second-order valence-corrected chi connectivity index (χ2v) is 18.3. The molecule has 422 valence electrons. The van der Waals surface area contributed by atoms with Crippen molar-refractivity contribution < 1.29 is 153 Å². The van der Waals surface area contributed by atoms with Gasteiger partial charge in [0.25, 0.3) is 0 Å². The van der Waals surface area contributed by atoms with Crippen LogP contribution in [0, 0.1) is 0 Å². The number of carboxylic acids is 1. The van der Waals surface area contributed by atoms with Crippen molar-refractivity contribution in [2.45, 2.75) is 205 Å². The van der Waals surface area contributed by atoms with Crippen LogP contribution in [0.2, 0.25) is 0 Å². The third-order valence-electron chi connectivity index (χ3n) is 13.1. The lowest BCUT2D eigenvalue weighted by atomic mass is 9.94. The van der Waals surface area contributed by atoms with Crippen LogP contribution in [0.3, 0.4) is 0 Å². The zero-order valence-corrected chi connectivity index (χ0v) is 39.0. The highest BCUT2D eigenvalue weighted by atomic mass is 16.8. The van der Waals surface area contributed by atoms with Gasteiger partial charge in [0.1, 0.15) is 134 Å². The molecular weight excluding hydrogens is 1000 g/mol. The minimum Gasteiger partial charge on any atom is -0.479 e. The highest BCUT2D eigenvalue weighted by Crippen LogP contribution is 2.37. The Morgan fingerprint density at radius 2 is 0.877 bits per heavy atom. The second kappa shape index (κ2) is 25.2. The van der Waals surface area contributed by atoms with Gasteiger partial charge in [0.05, 0.1) is 32.5 Å². The Morgan fingerprint density at radius 1 is 0.425 bits per heavy atom. The molecule has 0 aromatic carbocycles. The Hall–Kier alpha value is -2.67. The molecule has 6 fully saturated rings. The van der Waals surface area contributed by atoms with Crippen molar-refractivity contribution in [3.63, 3.8) is 0 Å². The predicted octanol–water partition coefficient (Wildman–Crippen LogP) is -12.7. The van der Waals surface area contributed by atoms with Crippen molar-refractivity contribution in [3.8, 4) is 0 Å². The van der Waals surface area contributed by atoms with Crippen molar-refractivity contribution in [2.24, 2.45) is 0 Å². The molecule has 33 heteroatoms. The fraction of sp³-hybridized carbons (Fsp3) is 0.925. The van der Waals surface area contributed by atoms with Gasteiger partial charge in [-0.2, -0.15) is 0 Å². The highest BCUT2D eigenvalue weighted by Gasteiger charge is 2.58. The number of carbonyl (C=O) groups excluding carboxylic acids is 2. The highest BCUT2D eigenvalue weighted by molar-refractivity contribution is 5.74. The van der Waals surface area contributed by atoms with Gasteiger partial charge in [-0.25, -0.2) is 4.79 Å². The zero-order valence-electron chi connectivity index (χ0n) is 39.0. The summed E-state index contributed by atoms with van der Waals surface area (Å²) in [5.41, 5.74) is 0. The standard InChI is InChI=1S/C40H66N2O31/c1-8-17(48)23(54)26(57)37(64-8)73-33-31(71-39-28(59)30(19(50)12(5-44)67-39)70-38-27(58)24(55)25(56)32(72-38)34(60)61)20(51)13(6-45)68-40(33)69-29-16(42-10(3)47)35(62)65-14(21(29)52)7-63-36-15(41-9(2)46)22(53)18(49)11(4-43)66-36/h8,11-33,35-40,43-45,48-59,62H,4-7H2,1-3H3,(H,41,46)(H,42,47)(H,60,61)/t8-,11+,12+,13+,14+,15+,16+,17+,18+,19-,20-,21-,22+,23+,24-,25-,26-,27+,28+,29+,30-,31-,32-,33+,35?,36+,37-,38+,39-,40-/m0/s1. The van der Waals surface area contributed by atoms with E-state index in [9.17, 15) is 101 Å². The third kappa shape index (κ3) is 12.9. The van der Waals surface area contributed by atoms with Gasteiger partial charge in [-0.05, 0) is 6.92 Å². The molecule has 6 saturated heterocycles. The van der Waals surface area contributed by atoms with E-state index in [-0.39, 0.29) is 0 Å². The molecule has 6 heterocycles. The first-order chi connectivity index (χ1) is 34.3. The van der Waals surface area contributed by atoms with Crippen molar-refractivity contribution in [1.82, 2.24) is 10.6 Å². The van der Waals surface area contributed by atoms with E-state index in [4.69, 9.17) is 52.1 Å². The monoisotopic (exact) mass is 1070 g/mol. The number of carbonyl (C=O) groups is 3. The zero-order chi connectivity index (χ0) is 54.1. The van der Waals surface area contributed by atoms with Gasteiger partial charge in [-0.3, -0.25) is 9.59 Å². The molecule has 6 aliphatic heterocycles. The number of rotatable bonds is 17. The first kappa shape index (κ1) is 59.6. The van der Waals surface area contributed by atoms with Crippen molar-refractivity contribution in [2.75, 3.05) is 26.4 Å². The fourth-order valence-corrected chi connectivity index (χ4v) is 9.11. The van der Waals surface area contributed by atoms with Crippen LogP contribution in [0.25, 0.3) is 0 Å². The molecule has 0 aliphatic carbocycles. The quantitative estimate of drug-likeness (QED) is 0.0643. The van der Waals surface area contributed by atoms with E-state index < -0.39 is 228 Å². The number of ether oxygens (including phenoxy) is 11. The van der Waals surface area contributed by atoms with Crippen LogP contribution in [0.4, 0.5) is 0 Å². The van der Waals surface area contributed by atoms with Gasteiger partial charge in [0.15, 0.2) is 43.8 Å². The Kier molecular flexibility index (Phi) is 20.6. The lowest BCUT2D eigenvalue weighted by Crippen LogP contribution is -2.70. The number of aliphatic hydroxyl groups excluding tert-OH is 16. The number of carboxylic acid groups (broad SMARTS) is 1. The molecule has 1 unspecified atom stereocenters. The van der Waals surface area contributed by atoms with Crippen LogP contribution in [0.15, 0.2) is 0 Å². The van der Waals surface area contributed by atoms with Gasteiger partial charge in [-0.15, -0.1) is 0 Å². The van der Waals surface area contributed by atoms with E-state index in [1.807, 2.05) is 0 Å². The Labute approximate surface area is 412 Å². The SMILES string of the molecule is CC(=O)N[C@H]1[C@H](OC[C@H]2OC(O)[C@H](NC(C)=O)[C@@H](O[C@@H]3O[C@H](CO)[C@H](O)[C@H](O[C@@H]4O[C@H](CO)[C@H](O)[C@H](O[C@@H]5O[C@H](C(=O)O)[C@@H](O)[C@H](O)[C@H]5O)[C@H]4O)[C@H]3O[C@@H]3O[C@@H](C)[C@@H](O)[C@@H](O)[C@@H]3O)[C@H]2O)O[C@H](CO)[C@@H](O)[C@@H]1O. The summed E-state index contributed by atoms with van der Waals surface area (Å²) < 4.78 is 63.0. The number of aliphatic carboxylic acids is 1. The number of nitrogens with one attached hydrogen (secondary N) is 2.